The predicted octanol–water partition coefficient (Wildman–Crippen LogP) is 5.99. The highest BCUT2D eigenvalue weighted by atomic mass is 35.5. The summed E-state index contributed by atoms with van der Waals surface area (Å²) in [6.07, 6.45) is 4.90. The van der Waals surface area contributed by atoms with Crippen LogP contribution in [0.3, 0.4) is 0 Å². The average molecular weight is 650 g/mol. The van der Waals surface area contributed by atoms with Crippen molar-refractivity contribution >= 4 is 38.3 Å². The fraction of sp³-hybridized carbons (Fsp3) is 0.469. The second-order valence-corrected chi connectivity index (χ2v) is 14.0. The molecule has 1 heterocycles. The molecule has 0 unspecified atom stereocenters. The van der Waals surface area contributed by atoms with Crippen LogP contribution in [0.1, 0.15) is 57.9 Å². The summed E-state index contributed by atoms with van der Waals surface area (Å²) in [6.45, 7) is 3.71. The van der Waals surface area contributed by atoms with Crippen LogP contribution in [0.2, 0.25) is 5.02 Å². The van der Waals surface area contributed by atoms with E-state index in [9.17, 15) is 13.2 Å². The number of benzene rings is 3. The van der Waals surface area contributed by atoms with Gasteiger partial charge < -0.3 is 20.1 Å². The van der Waals surface area contributed by atoms with Crippen molar-refractivity contribution in [1.82, 2.24) is 9.62 Å². The van der Waals surface area contributed by atoms with Gasteiger partial charge in [-0.25, -0.2) is 8.42 Å². The van der Waals surface area contributed by atoms with E-state index in [4.69, 9.17) is 26.8 Å². The van der Waals surface area contributed by atoms with Crippen molar-refractivity contribution in [2.45, 2.75) is 87.5 Å². The van der Waals surface area contributed by atoms with E-state index < -0.39 is 33.5 Å². The number of ether oxygens (including phenoxy) is 2. The van der Waals surface area contributed by atoms with Gasteiger partial charge in [-0.15, -0.1) is 0 Å². The van der Waals surface area contributed by atoms with Crippen molar-refractivity contribution in [1.29, 1.82) is 0 Å². The number of alkyl halides is 2. The Morgan fingerprint density at radius 3 is 2.34 bits per heavy atom. The van der Waals surface area contributed by atoms with E-state index in [1.807, 2.05) is 6.07 Å². The third-order valence-corrected chi connectivity index (χ3v) is 9.84. The van der Waals surface area contributed by atoms with E-state index in [-0.39, 0.29) is 47.0 Å². The Morgan fingerprint density at radius 2 is 1.66 bits per heavy atom. The van der Waals surface area contributed by atoms with E-state index in [0.717, 1.165) is 43.2 Å². The zero-order valence-corrected chi connectivity index (χ0v) is 26.3. The van der Waals surface area contributed by atoms with Crippen molar-refractivity contribution < 1.29 is 31.5 Å². The average Bonchev–Trinajstić information content (AvgIpc) is 3.49. The Hall–Kier alpha value is -2.99. The molecule has 1 aliphatic heterocycles. The molecular formula is C32H38ClF2N3O5S. The normalized spacial score (nSPS) is 17.8. The lowest BCUT2D eigenvalue weighted by molar-refractivity contribution is -0.145. The van der Waals surface area contributed by atoms with E-state index in [1.54, 1.807) is 32.0 Å². The minimum atomic E-state index is -4.59. The molecule has 0 radical (unpaired) electrons. The molecule has 0 bridgehead atoms. The van der Waals surface area contributed by atoms with Gasteiger partial charge in [-0.2, -0.15) is 13.5 Å². The first kappa shape index (κ1) is 32.4. The number of rotatable bonds is 10. The number of piperidine rings is 1. The van der Waals surface area contributed by atoms with Crippen molar-refractivity contribution in [2.24, 2.45) is 5.73 Å². The molecule has 1 amide bonds. The third-order valence-electron chi connectivity index (χ3n) is 8.11. The maximum atomic E-state index is 16.4. The molecule has 1 aliphatic carbocycles. The molecule has 3 aromatic carbocycles. The van der Waals surface area contributed by atoms with Gasteiger partial charge in [0.15, 0.2) is 6.04 Å². The van der Waals surface area contributed by atoms with Crippen LogP contribution in [0.4, 0.5) is 8.78 Å². The summed E-state index contributed by atoms with van der Waals surface area (Å²) in [4.78, 5) is 14.7. The van der Waals surface area contributed by atoms with Crippen LogP contribution in [-0.4, -0.2) is 56.6 Å². The van der Waals surface area contributed by atoms with Crippen molar-refractivity contribution in [3.05, 3.63) is 65.2 Å². The molecule has 2 aliphatic rings. The Morgan fingerprint density at radius 1 is 1.00 bits per heavy atom. The van der Waals surface area contributed by atoms with Crippen LogP contribution < -0.4 is 19.9 Å². The monoisotopic (exact) mass is 649 g/mol. The molecule has 5 rings (SSSR count). The molecular weight excluding hydrogens is 612 g/mol. The van der Waals surface area contributed by atoms with Gasteiger partial charge in [-0.05, 0) is 99.5 Å². The van der Waals surface area contributed by atoms with Gasteiger partial charge in [0, 0.05) is 24.7 Å². The molecule has 0 spiro atoms. The molecule has 1 saturated heterocycles. The van der Waals surface area contributed by atoms with Crippen molar-refractivity contribution in [3.63, 3.8) is 0 Å². The fourth-order valence-electron chi connectivity index (χ4n) is 5.67. The first-order valence-electron chi connectivity index (χ1n) is 14.9. The van der Waals surface area contributed by atoms with Crippen LogP contribution in [0, 0.1) is 0 Å². The Kier molecular flexibility index (Phi) is 9.69. The smallest absolute Gasteiger partial charge is 0.298 e. The van der Waals surface area contributed by atoms with Gasteiger partial charge in [0.25, 0.3) is 5.92 Å². The van der Waals surface area contributed by atoms with E-state index in [0.29, 0.717) is 24.0 Å². The first-order chi connectivity index (χ1) is 20.8. The number of amides is 1. The minimum Gasteiger partial charge on any atom is -0.490 e. The lowest BCUT2D eigenvalue weighted by atomic mass is 9.98. The number of sulfonamides is 1. The number of hydrogen-bond donors (Lipinski definition) is 2. The summed E-state index contributed by atoms with van der Waals surface area (Å²) in [5.74, 6) is -4.32. The number of nitrogens with one attached hydrogen (secondary N) is 1. The van der Waals surface area contributed by atoms with E-state index in [2.05, 4.69) is 4.72 Å². The number of nitrogens with two attached hydrogens (primary N) is 1. The predicted molar refractivity (Wildman–Crippen MR) is 166 cm³/mol. The number of hydrogen-bond acceptors (Lipinski definition) is 6. The highest BCUT2D eigenvalue weighted by Gasteiger charge is 2.50. The number of carbonyl (C=O) groups excluding carboxylic acids is 1. The van der Waals surface area contributed by atoms with Gasteiger partial charge in [-0.3, -0.25) is 4.79 Å². The summed E-state index contributed by atoms with van der Waals surface area (Å²) < 4.78 is 73.7. The van der Waals surface area contributed by atoms with Gasteiger partial charge in [0.05, 0.1) is 22.1 Å². The maximum Gasteiger partial charge on any atom is 0.298 e. The lowest BCUT2D eigenvalue weighted by Gasteiger charge is -2.35. The highest BCUT2D eigenvalue weighted by molar-refractivity contribution is 7.89. The second kappa shape index (κ2) is 13.2. The molecule has 1 saturated carbocycles. The Labute approximate surface area is 261 Å². The van der Waals surface area contributed by atoms with Gasteiger partial charge in [-0.1, -0.05) is 29.8 Å². The molecule has 3 aromatic rings. The second-order valence-electron chi connectivity index (χ2n) is 11.8. The number of carbonyl (C=O) groups is 1. The minimum absolute atomic E-state index is 0.00246. The molecule has 2 fully saturated rings. The van der Waals surface area contributed by atoms with Crippen LogP contribution in [-0.2, 0) is 20.7 Å². The molecule has 1 atom stereocenters. The summed E-state index contributed by atoms with van der Waals surface area (Å²) in [6, 6.07) is 10.4. The zero-order valence-electron chi connectivity index (χ0n) is 24.8. The van der Waals surface area contributed by atoms with Crippen LogP contribution in [0.25, 0.3) is 10.8 Å². The molecule has 238 valence electrons. The zero-order chi connectivity index (χ0) is 31.6. The third kappa shape index (κ3) is 7.28. The summed E-state index contributed by atoms with van der Waals surface area (Å²) >= 11 is 6.18. The molecule has 3 N–H and O–H groups in total. The standard InChI is InChI=1S/C32H38ClF2N3O5S/c1-20(2)42-29-19-23(9-12-28(29)33)32(34,35)30(31(39)38-15-13-24(36)14-16-38)37-44(40,41)27-11-8-21-17-26(10-7-22(21)18-27)43-25-5-3-4-6-25/h7-12,17-20,24-25,30,37H,3-6,13-16,36H2,1-2H3/t30-/m0/s1. The quantitative estimate of drug-likeness (QED) is 0.279. The van der Waals surface area contributed by atoms with E-state index in [1.165, 1.54) is 23.1 Å². The Balaban J connectivity index is 1.46. The molecule has 0 aromatic heterocycles. The van der Waals surface area contributed by atoms with Crippen LogP contribution >= 0.6 is 11.6 Å². The molecule has 12 heteroatoms. The number of fused-ring (bicyclic) bond motifs is 1. The maximum absolute atomic E-state index is 16.4. The van der Waals surface area contributed by atoms with Crippen LogP contribution in [0.5, 0.6) is 11.5 Å². The summed E-state index contributed by atoms with van der Waals surface area (Å²) in [5.41, 5.74) is 5.35. The van der Waals surface area contributed by atoms with Crippen molar-refractivity contribution in [2.75, 3.05) is 13.1 Å². The van der Waals surface area contributed by atoms with Gasteiger partial charge in [0.2, 0.25) is 15.9 Å². The van der Waals surface area contributed by atoms with E-state index >= 15 is 8.78 Å². The highest BCUT2D eigenvalue weighted by Crippen LogP contribution is 2.38. The van der Waals surface area contributed by atoms with Crippen molar-refractivity contribution in [3.8, 4) is 11.5 Å². The number of nitrogens with zero attached hydrogens (tertiary/aromatic N) is 1. The summed E-state index contributed by atoms with van der Waals surface area (Å²) in [5, 5.41) is 1.43. The molecule has 8 nitrogen and oxygen atoms in total. The first-order valence-corrected chi connectivity index (χ1v) is 16.8. The summed E-state index contributed by atoms with van der Waals surface area (Å²) in [7, 11) is -4.59. The topological polar surface area (TPSA) is 111 Å². The lowest BCUT2D eigenvalue weighted by Crippen LogP contribution is -2.58. The molecule has 44 heavy (non-hydrogen) atoms. The number of halogens is 3. The van der Waals surface area contributed by atoms with Gasteiger partial charge >= 0.3 is 0 Å². The Bertz CT molecular complexity index is 1610. The largest absolute Gasteiger partial charge is 0.490 e. The van der Waals surface area contributed by atoms with Gasteiger partial charge in [0.1, 0.15) is 11.5 Å². The van der Waals surface area contributed by atoms with Crippen LogP contribution in [0.15, 0.2) is 59.5 Å². The SMILES string of the molecule is CC(C)Oc1cc(C(F)(F)[C@@H](NS(=O)(=O)c2ccc3cc(OC4CCCC4)ccc3c2)C(=O)N2CCC(N)CC2)ccc1Cl. The number of likely N-dealkylation sites (tertiary alicyclic amines) is 1. The fourth-order valence-corrected chi connectivity index (χ4v) is 7.05.